The van der Waals surface area contributed by atoms with E-state index in [1.165, 1.54) is 0 Å². The van der Waals surface area contributed by atoms with Gasteiger partial charge in [0.15, 0.2) is 0 Å². The van der Waals surface area contributed by atoms with E-state index in [2.05, 4.69) is 20.0 Å². The largest absolute Gasteiger partial charge is 0.346 e. The molecule has 2 heterocycles. The number of pyridine rings is 1. The highest BCUT2D eigenvalue weighted by atomic mass is 15.1. The molecule has 0 unspecified atom stereocenters. The van der Waals surface area contributed by atoms with Gasteiger partial charge < -0.3 is 4.98 Å². The number of hydrogen-bond acceptors (Lipinski definition) is 2. The molecule has 14 heavy (non-hydrogen) atoms. The van der Waals surface area contributed by atoms with E-state index in [4.69, 9.17) is 5.53 Å². The Morgan fingerprint density at radius 3 is 3.36 bits per heavy atom. The number of rotatable bonds is 3. The molecule has 5 nitrogen and oxygen atoms in total. The third-order valence-corrected chi connectivity index (χ3v) is 2.08. The molecule has 0 saturated heterocycles. The number of azide groups is 1. The normalized spacial score (nSPS) is 10.0. The Morgan fingerprint density at radius 2 is 2.50 bits per heavy atom. The van der Waals surface area contributed by atoms with E-state index in [1.807, 2.05) is 18.3 Å². The van der Waals surface area contributed by atoms with Crippen LogP contribution in [-0.2, 0) is 6.42 Å². The maximum absolute atomic E-state index is 8.15. The average Bonchev–Trinajstić information content (AvgIpc) is 2.63. The summed E-state index contributed by atoms with van der Waals surface area (Å²) in [5.74, 6) is 0. The Morgan fingerprint density at radius 1 is 1.57 bits per heavy atom. The number of nitrogens with one attached hydrogen (secondary N) is 1. The zero-order valence-electron chi connectivity index (χ0n) is 7.51. The number of nitrogens with zero attached hydrogens (tertiary/aromatic N) is 4. The maximum atomic E-state index is 8.15. The van der Waals surface area contributed by atoms with Crippen LogP contribution in [0, 0.1) is 0 Å². The van der Waals surface area contributed by atoms with Crippen LogP contribution in [0.3, 0.4) is 0 Å². The fourth-order valence-electron chi connectivity index (χ4n) is 1.43. The highest BCUT2D eigenvalue weighted by Gasteiger charge is 2.01. The van der Waals surface area contributed by atoms with E-state index in [-0.39, 0.29) is 0 Å². The van der Waals surface area contributed by atoms with Crippen molar-refractivity contribution in [2.75, 3.05) is 6.54 Å². The molecular weight excluding hydrogens is 178 g/mol. The highest BCUT2D eigenvalue weighted by Crippen LogP contribution is 2.15. The summed E-state index contributed by atoms with van der Waals surface area (Å²) >= 11 is 0. The van der Waals surface area contributed by atoms with Gasteiger partial charge in [0.1, 0.15) is 5.65 Å². The second-order valence-electron chi connectivity index (χ2n) is 2.92. The standard InChI is InChI=1S/C9H9N5/c10-14-13-5-3-7-6-12-9-8(7)2-1-4-11-9/h1-2,4,6H,3,5H2,(H,11,12). The Balaban J connectivity index is 2.29. The summed E-state index contributed by atoms with van der Waals surface area (Å²) in [7, 11) is 0. The van der Waals surface area contributed by atoms with Crippen LogP contribution in [0.4, 0.5) is 0 Å². The first-order valence-electron chi connectivity index (χ1n) is 4.33. The second-order valence-corrected chi connectivity index (χ2v) is 2.92. The molecule has 0 spiro atoms. The molecule has 5 heteroatoms. The van der Waals surface area contributed by atoms with Crippen molar-refractivity contribution in [1.29, 1.82) is 0 Å². The summed E-state index contributed by atoms with van der Waals surface area (Å²) in [6.07, 6.45) is 4.40. The number of aromatic amines is 1. The van der Waals surface area contributed by atoms with Gasteiger partial charge in [0.2, 0.25) is 0 Å². The molecule has 2 aromatic heterocycles. The minimum atomic E-state index is 0.484. The summed E-state index contributed by atoms with van der Waals surface area (Å²) in [5, 5.41) is 4.60. The van der Waals surface area contributed by atoms with Gasteiger partial charge in [-0.15, -0.1) is 0 Å². The van der Waals surface area contributed by atoms with E-state index in [0.29, 0.717) is 6.54 Å². The molecule has 0 saturated carbocycles. The van der Waals surface area contributed by atoms with Gasteiger partial charge in [-0.2, -0.15) is 0 Å². The van der Waals surface area contributed by atoms with Crippen molar-refractivity contribution < 1.29 is 0 Å². The lowest BCUT2D eigenvalue weighted by Crippen LogP contribution is -1.86. The smallest absolute Gasteiger partial charge is 0.137 e. The van der Waals surface area contributed by atoms with Crippen molar-refractivity contribution in [3.8, 4) is 0 Å². The van der Waals surface area contributed by atoms with Crippen LogP contribution in [0.1, 0.15) is 5.56 Å². The monoisotopic (exact) mass is 187 g/mol. The van der Waals surface area contributed by atoms with Crippen LogP contribution in [0.25, 0.3) is 21.5 Å². The number of fused-ring (bicyclic) bond motifs is 1. The van der Waals surface area contributed by atoms with Gasteiger partial charge in [-0.3, -0.25) is 0 Å². The predicted octanol–water partition coefficient (Wildman–Crippen LogP) is 2.42. The second kappa shape index (κ2) is 3.81. The zero-order valence-corrected chi connectivity index (χ0v) is 7.51. The Bertz CT molecular complexity index is 481. The summed E-state index contributed by atoms with van der Waals surface area (Å²) in [6.45, 7) is 0.484. The quantitative estimate of drug-likeness (QED) is 0.447. The molecule has 2 rings (SSSR count). The third-order valence-electron chi connectivity index (χ3n) is 2.08. The molecule has 0 amide bonds. The molecular formula is C9H9N5. The fraction of sp³-hybridized carbons (Fsp3) is 0.222. The topological polar surface area (TPSA) is 77.4 Å². The molecule has 0 aliphatic rings. The van der Waals surface area contributed by atoms with Crippen molar-refractivity contribution >= 4 is 11.0 Å². The van der Waals surface area contributed by atoms with Crippen molar-refractivity contribution in [3.05, 3.63) is 40.5 Å². The van der Waals surface area contributed by atoms with Crippen LogP contribution < -0.4 is 0 Å². The summed E-state index contributed by atoms with van der Waals surface area (Å²) in [4.78, 5) is 9.95. The first-order chi connectivity index (χ1) is 6.92. The molecule has 70 valence electrons. The minimum Gasteiger partial charge on any atom is -0.346 e. The molecule has 0 atom stereocenters. The molecule has 2 aromatic rings. The maximum Gasteiger partial charge on any atom is 0.137 e. The van der Waals surface area contributed by atoms with Gasteiger partial charge in [0.05, 0.1) is 0 Å². The van der Waals surface area contributed by atoms with E-state index in [0.717, 1.165) is 23.0 Å². The molecule has 0 aromatic carbocycles. The van der Waals surface area contributed by atoms with Crippen LogP contribution in [0.5, 0.6) is 0 Å². The van der Waals surface area contributed by atoms with Crippen molar-refractivity contribution in [3.63, 3.8) is 0 Å². The van der Waals surface area contributed by atoms with E-state index in [1.54, 1.807) is 6.20 Å². The fourth-order valence-corrected chi connectivity index (χ4v) is 1.43. The molecule has 1 N–H and O–H groups in total. The van der Waals surface area contributed by atoms with Crippen LogP contribution >= 0.6 is 0 Å². The average molecular weight is 187 g/mol. The van der Waals surface area contributed by atoms with Crippen LogP contribution in [0.15, 0.2) is 29.6 Å². The predicted molar refractivity (Wildman–Crippen MR) is 53.8 cm³/mol. The van der Waals surface area contributed by atoms with E-state index >= 15 is 0 Å². The molecule has 0 bridgehead atoms. The van der Waals surface area contributed by atoms with Crippen LogP contribution in [0.2, 0.25) is 0 Å². The Hall–Kier alpha value is -2.00. The van der Waals surface area contributed by atoms with Gasteiger partial charge in [0, 0.05) is 29.2 Å². The number of hydrogen-bond donors (Lipinski definition) is 1. The Kier molecular flexibility index (Phi) is 2.34. The molecule has 0 aliphatic carbocycles. The lowest BCUT2D eigenvalue weighted by Gasteiger charge is -1.93. The summed E-state index contributed by atoms with van der Waals surface area (Å²) in [5.41, 5.74) is 10.2. The van der Waals surface area contributed by atoms with Gasteiger partial charge in [0.25, 0.3) is 0 Å². The number of H-pyrrole nitrogens is 1. The van der Waals surface area contributed by atoms with E-state index in [9.17, 15) is 0 Å². The number of aromatic nitrogens is 2. The first kappa shape index (κ1) is 8.59. The van der Waals surface area contributed by atoms with Gasteiger partial charge >= 0.3 is 0 Å². The molecule has 0 aliphatic heterocycles. The zero-order chi connectivity index (χ0) is 9.80. The van der Waals surface area contributed by atoms with Crippen molar-refractivity contribution in [2.24, 2.45) is 5.11 Å². The van der Waals surface area contributed by atoms with Crippen molar-refractivity contribution in [1.82, 2.24) is 9.97 Å². The first-order valence-corrected chi connectivity index (χ1v) is 4.33. The lowest BCUT2D eigenvalue weighted by molar-refractivity contribution is 0.963. The van der Waals surface area contributed by atoms with Gasteiger partial charge in [-0.05, 0) is 29.6 Å². The van der Waals surface area contributed by atoms with Gasteiger partial charge in [-0.1, -0.05) is 5.11 Å². The molecule has 0 radical (unpaired) electrons. The minimum absolute atomic E-state index is 0.484. The summed E-state index contributed by atoms with van der Waals surface area (Å²) < 4.78 is 0. The SMILES string of the molecule is [N-]=[N+]=NCCc1c[nH]c2ncccc12. The third kappa shape index (κ3) is 1.53. The highest BCUT2D eigenvalue weighted by molar-refractivity contribution is 5.79. The van der Waals surface area contributed by atoms with E-state index < -0.39 is 0 Å². The molecule has 0 fully saturated rings. The van der Waals surface area contributed by atoms with Crippen molar-refractivity contribution in [2.45, 2.75) is 6.42 Å². The lowest BCUT2D eigenvalue weighted by atomic mass is 10.2. The van der Waals surface area contributed by atoms with Crippen LogP contribution in [-0.4, -0.2) is 16.5 Å². The Labute approximate surface area is 80.4 Å². The summed E-state index contributed by atoms with van der Waals surface area (Å²) in [6, 6.07) is 3.90. The van der Waals surface area contributed by atoms with Gasteiger partial charge in [-0.25, -0.2) is 4.98 Å².